The molecular weight excluding hydrogens is 294 g/mol. The van der Waals surface area contributed by atoms with Gasteiger partial charge >= 0.3 is 12.4 Å². The van der Waals surface area contributed by atoms with E-state index in [4.69, 9.17) is 0 Å². The maximum atomic E-state index is 12.7. The summed E-state index contributed by atoms with van der Waals surface area (Å²) in [5.74, 6) is -0.627. The second-order valence-corrected chi connectivity index (χ2v) is 3.81. The van der Waals surface area contributed by atoms with Crippen LogP contribution in [0.2, 0.25) is 0 Å². The Labute approximate surface area is 109 Å². The number of rotatable bonds is 3. The molecule has 1 aromatic rings. The Morgan fingerprint density at radius 3 is 1.40 bits per heavy atom. The van der Waals surface area contributed by atoms with Crippen LogP contribution in [0.1, 0.15) is 5.56 Å². The molecule has 0 aliphatic carbocycles. The highest BCUT2D eigenvalue weighted by molar-refractivity contribution is 5.42. The SMILES string of the molecule is COc1cc(OC)cc(C(O)(C(F)(F)F)C(F)(F)F)c1. The number of hydrogen-bond acceptors (Lipinski definition) is 3. The van der Waals surface area contributed by atoms with E-state index >= 15 is 0 Å². The van der Waals surface area contributed by atoms with E-state index in [2.05, 4.69) is 9.47 Å². The van der Waals surface area contributed by atoms with Gasteiger partial charge in [-0.15, -0.1) is 0 Å². The molecule has 0 saturated heterocycles. The van der Waals surface area contributed by atoms with E-state index in [9.17, 15) is 31.4 Å². The zero-order chi connectivity index (χ0) is 15.8. The van der Waals surface area contributed by atoms with E-state index < -0.39 is 23.5 Å². The topological polar surface area (TPSA) is 38.7 Å². The summed E-state index contributed by atoms with van der Waals surface area (Å²) in [6.07, 6.45) is -11.9. The lowest BCUT2D eigenvalue weighted by atomic mass is 9.92. The van der Waals surface area contributed by atoms with Crippen LogP contribution in [0.3, 0.4) is 0 Å². The van der Waals surface area contributed by atoms with Gasteiger partial charge in [0.2, 0.25) is 0 Å². The summed E-state index contributed by atoms with van der Waals surface area (Å²) in [6.45, 7) is 0. The normalized spacial score (nSPS) is 13.2. The molecule has 20 heavy (non-hydrogen) atoms. The van der Waals surface area contributed by atoms with E-state index in [1.807, 2.05) is 0 Å². The highest BCUT2D eigenvalue weighted by atomic mass is 19.4. The van der Waals surface area contributed by atoms with Gasteiger partial charge in [-0.2, -0.15) is 26.3 Å². The third kappa shape index (κ3) is 2.62. The third-order valence-corrected chi connectivity index (χ3v) is 2.59. The van der Waals surface area contributed by atoms with Crippen molar-refractivity contribution < 1.29 is 40.9 Å². The van der Waals surface area contributed by atoms with Gasteiger partial charge in [-0.05, 0) is 12.1 Å². The van der Waals surface area contributed by atoms with Crippen molar-refractivity contribution in [2.24, 2.45) is 0 Å². The molecule has 1 N–H and O–H groups in total. The maximum absolute atomic E-state index is 12.7. The Morgan fingerprint density at radius 1 is 0.800 bits per heavy atom. The highest BCUT2D eigenvalue weighted by Crippen LogP contribution is 2.51. The second kappa shape index (κ2) is 5.04. The Morgan fingerprint density at radius 2 is 1.15 bits per heavy atom. The van der Waals surface area contributed by atoms with E-state index in [-0.39, 0.29) is 11.5 Å². The summed E-state index contributed by atoms with van der Waals surface area (Å²) in [7, 11) is 2.11. The van der Waals surface area contributed by atoms with Crippen LogP contribution in [0.25, 0.3) is 0 Å². The Hall–Kier alpha value is -1.64. The molecule has 9 heteroatoms. The van der Waals surface area contributed by atoms with Gasteiger partial charge in [0.25, 0.3) is 5.60 Å². The Bertz CT molecular complexity index is 444. The fraction of sp³-hybridized carbons (Fsp3) is 0.455. The maximum Gasteiger partial charge on any atom is 0.430 e. The van der Waals surface area contributed by atoms with Crippen molar-refractivity contribution >= 4 is 0 Å². The molecule has 0 heterocycles. The molecule has 0 radical (unpaired) electrons. The second-order valence-electron chi connectivity index (χ2n) is 3.81. The van der Waals surface area contributed by atoms with Gasteiger partial charge in [0.15, 0.2) is 0 Å². The number of alkyl halides is 6. The van der Waals surface area contributed by atoms with Crippen molar-refractivity contribution in [2.45, 2.75) is 18.0 Å². The van der Waals surface area contributed by atoms with Gasteiger partial charge in [0.1, 0.15) is 11.5 Å². The molecule has 1 aromatic carbocycles. The average molecular weight is 304 g/mol. The number of ether oxygens (including phenoxy) is 2. The predicted octanol–water partition coefficient (Wildman–Crippen LogP) is 3.02. The first-order chi connectivity index (χ1) is 8.97. The number of aliphatic hydroxyl groups is 1. The summed E-state index contributed by atoms with van der Waals surface area (Å²) >= 11 is 0. The lowest BCUT2D eigenvalue weighted by Gasteiger charge is -2.33. The molecule has 3 nitrogen and oxygen atoms in total. The van der Waals surface area contributed by atoms with Crippen LogP contribution in [0, 0.1) is 0 Å². The molecule has 114 valence electrons. The third-order valence-electron chi connectivity index (χ3n) is 2.59. The molecular formula is C11H10F6O3. The summed E-state index contributed by atoms with van der Waals surface area (Å²) in [5.41, 5.74) is -6.45. The molecule has 0 spiro atoms. The Balaban J connectivity index is 3.58. The lowest BCUT2D eigenvalue weighted by molar-refractivity contribution is -0.376. The largest absolute Gasteiger partial charge is 0.497 e. The standard InChI is InChI=1S/C11H10F6O3/c1-19-7-3-6(4-8(5-7)20-2)9(18,10(12,13)14)11(15,16)17/h3-5,18H,1-2H3. The van der Waals surface area contributed by atoms with Crippen molar-refractivity contribution in [3.05, 3.63) is 23.8 Å². The van der Waals surface area contributed by atoms with Crippen molar-refractivity contribution in [2.75, 3.05) is 14.2 Å². The van der Waals surface area contributed by atoms with E-state index in [1.54, 1.807) is 0 Å². The summed E-state index contributed by atoms with van der Waals surface area (Å²) in [4.78, 5) is 0. The van der Waals surface area contributed by atoms with Gasteiger partial charge < -0.3 is 14.6 Å². The number of halogens is 6. The molecule has 0 saturated carbocycles. The van der Waals surface area contributed by atoms with Crippen LogP contribution in [0.4, 0.5) is 26.3 Å². The minimum Gasteiger partial charge on any atom is -0.497 e. The fourth-order valence-corrected chi connectivity index (χ4v) is 1.50. The lowest BCUT2D eigenvalue weighted by Crippen LogP contribution is -2.53. The van der Waals surface area contributed by atoms with Gasteiger partial charge in [0, 0.05) is 11.6 Å². The average Bonchev–Trinajstić information content (AvgIpc) is 2.34. The predicted molar refractivity (Wildman–Crippen MR) is 55.6 cm³/mol. The zero-order valence-corrected chi connectivity index (χ0v) is 10.3. The zero-order valence-electron chi connectivity index (χ0n) is 10.3. The van der Waals surface area contributed by atoms with Gasteiger partial charge in [-0.3, -0.25) is 0 Å². The van der Waals surface area contributed by atoms with Crippen LogP contribution < -0.4 is 9.47 Å². The first kappa shape index (κ1) is 16.4. The molecule has 0 amide bonds. The first-order valence-corrected chi connectivity index (χ1v) is 5.06. The smallest absolute Gasteiger partial charge is 0.430 e. The van der Waals surface area contributed by atoms with E-state index in [1.165, 1.54) is 0 Å². The van der Waals surface area contributed by atoms with E-state index in [0.717, 1.165) is 20.3 Å². The molecule has 0 aromatic heterocycles. The van der Waals surface area contributed by atoms with Crippen molar-refractivity contribution in [3.63, 3.8) is 0 Å². The van der Waals surface area contributed by atoms with Crippen LogP contribution in [0.5, 0.6) is 11.5 Å². The summed E-state index contributed by atoms with van der Waals surface area (Å²) in [5, 5.41) is 9.23. The number of benzene rings is 1. The molecule has 0 atom stereocenters. The van der Waals surface area contributed by atoms with Gasteiger partial charge in [-0.1, -0.05) is 0 Å². The van der Waals surface area contributed by atoms with Crippen molar-refractivity contribution in [1.29, 1.82) is 0 Å². The monoisotopic (exact) mass is 304 g/mol. The number of methoxy groups -OCH3 is 2. The van der Waals surface area contributed by atoms with Crippen LogP contribution in [0.15, 0.2) is 18.2 Å². The minimum absolute atomic E-state index is 0.314. The Kier molecular flexibility index (Phi) is 4.14. The molecule has 0 fully saturated rings. The van der Waals surface area contributed by atoms with Crippen molar-refractivity contribution in [3.8, 4) is 11.5 Å². The van der Waals surface area contributed by atoms with Crippen LogP contribution >= 0.6 is 0 Å². The number of hydrogen-bond donors (Lipinski definition) is 1. The van der Waals surface area contributed by atoms with Gasteiger partial charge in [-0.25, -0.2) is 0 Å². The van der Waals surface area contributed by atoms with Crippen molar-refractivity contribution in [1.82, 2.24) is 0 Å². The highest BCUT2D eigenvalue weighted by Gasteiger charge is 2.71. The molecule has 0 unspecified atom stereocenters. The molecule has 0 aliphatic heterocycles. The molecule has 0 aliphatic rings. The van der Waals surface area contributed by atoms with E-state index in [0.29, 0.717) is 12.1 Å². The molecule has 0 bridgehead atoms. The first-order valence-electron chi connectivity index (χ1n) is 5.06. The summed E-state index contributed by atoms with van der Waals surface area (Å²) < 4.78 is 85.4. The van der Waals surface area contributed by atoms with Gasteiger partial charge in [0.05, 0.1) is 14.2 Å². The fourth-order valence-electron chi connectivity index (χ4n) is 1.50. The molecule has 1 rings (SSSR count). The summed E-state index contributed by atoms with van der Waals surface area (Å²) in [6, 6.07) is 1.98. The van der Waals surface area contributed by atoms with Crippen LogP contribution in [-0.2, 0) is 5.60 Å². The minimum atomic E-state index is -5.96. The quantitative estimate of drug-likeness (QED) is 0.873. The van der Waals surface area contributed by atoms with Crippen LogP contribution in [-0.4, -0.2) is 31.7 Å².